The molecule has 0 aliphatic heterocycles. The number of aromatic hydroxyl groups is 1. The molecule has 0 fully saturated rings. The Kier molecular flexibility index (Phi) is 4.82. The summed E-state index contributed by atoms with van der Waals surface area (Å²) in [6.45, 7) is 1.03. The molecule has 124 valence electrons. The van der Waals surface area contributed by atoms with Crippen LogP contribution in [0.15, 0.2) is 59.1 Å². The number of oxazole rings is 1. The van der Waals surface area contributed by atoms with E-state index >= 15 is 0 Å². The van der Waals surface area contributed by atoms with Crippen molar-refractivity contribution in [3.05, 3.63) is 60.3 Å². The van der Waals surface area contributed by atoms with Gasteiger partial charge in [-0.25, -0.2) is 4.98 Å². The summed E-state index contributed by atoms with van der Waals surface area (Å²) in [5, 5.41) is 12.7. The molecule has 0 atom stereocenters. The minimum absolute atomic E-state index is 0.201. The first-order valence-corrected chi connectivity index (χ1v) is 7.86. The first kappa shape index (κ1) is 16.1. The first-order chi connectivity index (χ1) is 11.6. The van der Waals surface area contributed by atoms with Crippen LogP contribution in [0.25, 0.3) is 11.3 Å². The zero-order valence-electron chi connectivity index (χ0n) is 13.9. The molecule has 5 heteroatoms. The van der Waals surface area contributed by atoms with Crippen LogP contribution in [0.5, 0.6) is 5.75 Å². The molecule has 0 unspecified atom stereocenters. The molecule has 5 nitrogen and oxygen atoms in total. The van der Waals surface area contributed by atoms with Crippen molar-refractivity contribution < 1.29 is 9.52 Å². The van der Waals surface area contributed by atoms with Crippen molar-refractivity contribution in [2.24, 2.45) is 0 Å². The topological polar surface area (TPSA) is 61.5 Å². The van der Waals surface area contributed by atoms with E-state index in [4.69, 9.17) is 4.42 Å². The molecule has 24 heavy (non-hydrogen) atoms. The Balaban J connectivity index is 1.66. The highest BCUT2D eigenvalue weighted by atomic mass is 16.4. The standard InChI is InChI=1S/C19H21N3O2/c1-22(2)11-10-14-6-8-16(9-7-14)21-19-20-13-18(24-19)15-4-3-5-17(23)12-15/h3-9,12-13,23H,10-11H2,1-2H3,(H,20,21). The zero-order valence-corrected chi connectivity index (χ0v) is 13.9. The normalized spacial score (nSPS) is 11.0. The molecule has 3 aromatic rings. The highest BCUT2D eigenvalue weighted by molar-refractivity contribution is 5.61. The number of benzene rings is 2. The third-order valence-electron chi connectivity index (χ3n) is 3.69. The molecule has 0 saturated carbocycles. The number of anilines is 2. The van der Waals surface area contributed by atoms with Gasteiger partial charge in [0.2, 0.25) is 0 Å². The number of hydrogen-bond donors (Lipinski definition) is 2. The SMILES string of the molecule is CN(C)CCc1ccc(Nc2ncc(-c3cccc(O)c3)o2)cc1. The fraction of sp³-hybridized carbons (Fsp3) is 0.211. The third-order valence-corrected chi connectivity index (χ3v) is 3.69. The molecule has 2 aromatic carbocycles. The van der Waals surface area contributed by atoms with E-state index in [1.807, 2.05) is 18.2 Å². The monoisotopic (exact) mass is 323 g/mol. The quantitative estimate of drug-likeness (QED) is 0.720. The van der Waals surface area contributed by atoms with E-state index in [1.54, 1.807) is 24.4 Å². The Morgan fingerprint density at radius 1 is 1.12 bits per heavy atom. The number of rotatable bonds is 6. The highest BCUT2D eigenvalue weighted by Crippen LogP contribution is 2.26. The number of phenols is 1. The molecule has 0 aliphatic carbocycles. The largest absolute Gasteiger partial charge is 0.508 e. The molecule has 3 rings (SSSR count). The summed E-state index contributed by atoms with van der Waals surface area (Å²) < 4.78 is 5.70. The van der Waals surface area contributed by atoms with Crippen molar-refractivity contribution in [1.29, 1.82) is 0 Å². The van der Waals surface area contributed by atoms with Gasteiger partial charge in [-0.1, -0.05) is 24.3 Å². The van der Waals surface area contributed by atoms with Gasteiger partial charge >= 0.3 is 0 Å². The maximum Gasteiger partial charge on any atom is 0.299 e. The Labute approximate surface area is 141 Å². The number of phenolic OH excluding ortho intramolecular Hbond substituents is 1. The average Bonchev–Trinajstić information content (AvgIpc) is 3.03. The lowest BCUT2D eigenvalue weighted by Gasteiger charge is -2.09. The van der Waals surface area contributed by atoms with Gasteiger partial charge in [0.15, 0.2) is 5.76 Å². The molecule has 0 amide bonds. The zero-order chi connectivity index (χ0) is 16.9. The summed E-state index contributed by atoms with van der Waals surface area (Å²) in [6.07, 6.45) is 2.66. The fourth-order valence-electron chi connectivity index (χ4n) is 2.36. The minimum atomic E-state index is 0.201. The van der Waals surface area contributed by atoms with Gasteiger partial charge < -0.3 is 19.7 Å². The average molecular weight is 323 g/mol. The lowest BCUT2D eigenvalue weighted by molar-refractivity contribution is 0.413. The summed E-state index contributed by atoms with van der Waals surface area (Å²) in [6, 6.07) is 15.6. The Bertz CT molecular complexity index is 794. The van der Waals surface area contributed by atoms with E-state index in [1.165, 1.54) is 5.56 Å². The van der Waals surface area contributed by atoms with E-state index in [0.717, 1.165) is 24.2 Å². The molecule has 1 aromatic heterocycles. The van der Waals surface area contributed by atoms with Crippen LogP contribution in [0.1, 0.15) is 5.56 Å². The smallest absolute Gasteiger partial charge is 0.299 e. The van der Waals surface area contributed by atoms with Crippen LogP contribution in [0.2, 0.25) is 0 Å². The lowest BCUT2D eigenvalue weighted by atomic mass is 10.1. The van der Waals surface area contributed by atoms with Crippen molar-refractivity contribution in [3.8, 4) is 17.1 Å². The maximum absolute atomic E-state index is 9.54. The number of nitrogens with one attached hydrogen (secondary N) is 1. The fourth-order valence-corrected chi connectivity index (χ4v) is 2.36. The molecular formula is C19H21N3O2. The van der Waals surface area contributed by atoms with Crippen molar-refractivity contribution >= 4 is 11.7 Å². The van der Waals surface area contributed by atoms with Gasteiger partial charge in [0, 0.05) is 17.8 Å². The van der Waals surface area contributed by atoms with Gasteiger partial charge in [0.05, 0.1) is 6.20 Å². The van der Waals surface area contributed by atoms with Gasteiger partial charge in [-0.15, -0.1) is 0 Å². The van der Waals surface area contributed by atoms with Crippen molar-refractivity contribution in [2.75, 3.05) is 26.0 Å². The van der Waals surface area contributed by atoms with Gasteiger partial charge in [-0.2, -0.15) is 0 Å². The van der Waals surface area contributed by atoms with Crippen LogP contribution in [0.3, 0.4) is 0 Å². The molecular weight excluding hydrogens is 302 g/mol. The number of hydrogen-bond acceptors (Lipinski definition) is 5. The molecule has 0 aliphatic rings. The van der Waals surface area contributed by atoms with Gasteiger partial charge in [-0.3, -0.25) is 0 Å². The Morgan fingerprint density at radius 3 is 2.62 bits per heavy atom. The summed E-state index contributed by atoms with van der Waals surface area (Å²) in [5.74, 6) is 0.808. The van der Waals surface area contributed by atoms with Crippen molar-refractivity contribution in [2.45, 2.75) is 6.42 Å². The van der Waals surface area contributed by atoms with Crippen LogP contribution < -0.4 is 5.32 Å². The predicted molar refractivity (Wildman–Crippen MR) is 95.6 cm³/mol. The second kappa shape index (κ2) is 7.19. The van der Waals surface area contributed by atoms with Crippen LogP contribution in [0.4, 0.5) is 11.7 Å². The maximum atomic E-state index is 9.54. The van der Waals surface area contributed by atoms with Crippen LogP contribution in [-0.2, 0) is 6.42 Å². The Hall–Kier alpha value is -2.79. The molecule has 0 bridgehead atoms. The molecule has 0 saturated heterocycles. The summed E-state index contributed by atoms with van der Waals surface area (Å²) in [4.78, 5) is 6.40. The minimum Gasteiger partial charge on any atom is -0.508 e. The van der Waals surface area contributed by atoms with E-state index in [9.17, 15) is 5.11 Å². The molecule has 2 N–H and O–H groups in total. The lowest BCUT2D eigenvalue weighted by Crippen LogP contribution is -2.14. The second-order valence-corrected chi connectivity index (χ2v) is 5.96. The van der Waals surface area contributed by atoms with E-state index in [-0.39, 0.29) is 5.75 Å². The first-order valence-electron chi connectivity index (χ1n) is 7.86. The van der Waals surface area contributed by atoms with Gasteiger partial charge in [-0.05, 0) is 50.3 Å². The highest BCUT2D eigenvalue weighted by Gasteiger charge is 2.07. The van der Waals surface area contributed by atoms with Gasteiger partial charge in [0.25, 0.3) is 6.01 Å². The van der Waals surface area contributed by atoms with E-state index in [2.05, 4.69) is 41.4 Å². The number of likely N-dealkylation sites (N-methyl/N-ethyl adjacent to an activating group) is 1. The number of nitrogens with zero attached hydrogens (tertiary/aromatic N) is 2. The molecule has 0 spiro atoms. The number of aromatic nitrogens is 1. The van der Waals surface area contributed by atoms with E-state index in [0.29, 0.717) is 11.8 Å². The van der Waals surface area contributed by atoms with Crippen molar-refractivity contribution in [1.82, 2.24) is 9.88 Å². The molecule has 0 radical (unpaired) electrons. The summed E-state index contributed by atoms with van der Waals surface area (Å²) in [7, 11) is 4.14. The second-order valence-electron chi connectivity index (χ2n) is 5.96. The van der Waals surface area contributed by atoms with Crippen LogP contribution in [0, 0.1) is 0 Å². The predicted octanol–water partition coefficient (Wildman–Crippen LogP) is 3.89. The third kappa shape index (κ3) is 4.14. The molecule has 1 heterocycles. The van der Waals surface area contributed by atoms with Crippen LogP contribution >= 0.6 is 0 Å². The summed E-state index contributed by atoms with van der Waals surface area (Å²) in [5.41, 5.74) is 3.00. The van der Waals surface area contributed by atoms with E-state index < -0.39 is 0 Å². The van der Waals surface area contributed by atoms with Gasteiger partial charge in [0.1, 0.15) is 5.75 Å². The van der Waals surface area contributed by atoms with Crippen LogP contribution in [-0.4, -0.2) is 35.6 Å². The summed E-state index contributed by atoms with van der Waals surface area (Å²) >= 11 is 0. The van der Waals surface area contributed by atoms with Crippen molar-refractivity contribution in [3.63, 3.8) is 0 Å². The Morgan fingerprint density at radius 2 is 1.92 bits per heavy atom.